The van der Waals surface area contributed by atoms with Gasteiger partial charge in [-0.05, 0) is 29.5 Å². The summed E-state index contributed by atoms with van der Waals surface area (Å²) in [5.74, 6) is -0.0742. The Balaban J connectivity index is 1.76. The second kappa shape index (κ2) is 6.31. The summed E-state index contributed by atoms with van der Waals surface area (Å²) in [7, 11) is 1.80. The predicted octanol–water partition coefficient (Wildman–Crippen LogP) is 4.10. The molecule has 25 heavy (non-hydrogen) atoms. The van der Waals surface area contributed by atoms with E-state index in [2.05, 4.69) is 55.2 Å². The Morgan fingerprint density at radius 2 is 1.88 bits per heavy atom. The Morgan fingerprint density at radius 1 is 1.20 bits per heavy atom. The van der Waals surface area contributed by atoms with Crippen LogP contribution in [-0.2, 0) is 12.0 Å². The molecule has 5 heteroatoms. The molecule has 0 saturated heterocycles. The van der Waals surface area contributed by atoms with Gasteiger partial charge in [0.1, 0.15) is 0 Å². The largest absolute Gasteiger partial charge is 0.337 e. The predicted molar refractivity (Wildman–Crippen MR) is 97.5 cm³/mol. The van der Waals surface area contributed by atoms with E-state index in [1.54, 1.807) is 18.0 Å². The first kappa shape index (κ1) is 17.1. The average Bonchev–Trinajstić information content (AvgIpc) is 2.94. The van der Waals surface area contributed by atoms with E-state index < -0.39 is 0 Å². The van der Waals surface area contributed by atoms with Crippen LogP contribution in [0.5, 0.6) is 0 Å². The van der Waals surface area contributed by atoms with Gasteiger partial charge in [-0.3, -0.25) is 4.79 Å². The van der Waals surface area contributed by atoms with Crippen molar-refractivity contribution in [2.75, 3.05) is 7.05 Å². The summed E-state index contributed by atoms with van der Waals surface area (Å²) in [6, 6.07) is 10.2. The first-order chi connectivity index (χ1) is 11.8. The normalized spacial score (nSPS) is 11.7. The molecule has 0 atom stereocenters. The average molecular weight is 337 g/mol. The highest BCUT2D eigenvalue weighted by Crippen LogP contribution is 2.23. The molecule has 2 aromatic heterocycles. The molecule has 0 spiro atoms. The highest BCUT2D eigenvalue weighted by Gasteiger charge is 2.17. The SMILES string of the molecule is Cc1noc2ncc(C(=O)N(C)Cc3ccc(C(C)(C)C)cc3)cc12. The fraction of sp³-hybridized carbons (Fsp3) is 0.350. The lowest BCUT2D eigenvalue weighted by Gasteiger charge is -2.21. The number of nitrogens with zero attached hydrogens (tertiary/aromatic N) is 3. The van der Waals surface area contributed by atoms with Gasteiger partial charge in [0.05, 0.1) is 16.6 Å². The number of rotatable bonds is 3. The van der Waals surface area contributed by atoms with E-state index in [1.165, 1.54) is 11.8 Å². The Labute approximate surface area is 147 Å². The standard InChI is InChI=1S/C20H23N3O2/c1-13-17-10-15(11-21-18(17)25-22-13)19(24)23(5)12-14-6-8-16(9-7-14)20(2,3)4/h6-11H,12H2,1-5H3. The number of pyridine rings is 1. The fourth-order valence-electron chi connectivity index (χ4n) is 2.74. The van der Waals surface area contributed by atoms with Crippen LogP contribution in [0.25, 0.3) is 11.1 Å². The number of benzene rings is 1. The maximum atomic E-state index is 12.7. The number of fused-ring (bicyclic) bond motifs is 1. The van der Waals surface area contributed by atoms with Crippen molar-refractivity contribution in [3.63, 3.8) is 0 Å². The summed E-state index contributed by atoms with van der Waals surface area (Å²) in [4.78, 5) is 18.6. The number of amides is 1. The molecule has 0 radical (unpaired) electrons. The maximum Gasteiger partial charge on any atom is 0.257 e. The van der Waals surface area contributed by atoms with E-state index in [-0.39, 0.29) is 11.3 Å². The van der Waals surface area contributed by atoms with Crippen LogP contribution in [0.3, 0.4) is 0 Å². The first-order valence-corrected chi connectivity index (χ1v) is 8.32. The van der Waals surface area contributed by atoms with Crippen molar-refractivity contribution in [1.29, 1.82) is 0 Å². The summed E-state index contributed by atoms with van der Waals surface area (Å²) >= 11 is 0. The minimum atomic E-state index is -0.0742. The van der Waals surface area contributed by atoms with Gasteiger partial charge in [0.2, 0.25) is 0 Å². The number of carbonyl (C=O) groups excluding carboxylic acids is 1. The molecule has 3 rings (SSSR count). The van der Waals surface area contributed by atoms with Gasteiger partial charge in [0.25, 0.3) is 11.6 Å². The second-order valence-electron chi connectivity index (χ2n) is 7.45. The van der Waals surface area contributed by atoms with Crippen LogP contribution in [0.4, 0.5) is 0 Å². The monoisotopic (exact) mass is 337 g/mol. The van der Waals surface area contributed by atoms with Crippen molar-refractivity contribution in [1.82, 2.24) is 15.0 Å². The van der Waals surface area contributed by atoms with E-state index in [4.69, 9.17) is 4.52 Å². The van der Waals surface area contributed by atoms with Crippen LogP contribution in [0.1, 0.15) is 48.0 Å². The van der Waals surface area contributed by atoms with Gasteiger partial charge in [-0.25, -0.2) is 4.98 Å². The van der Waals surface area contributed by atoms with Crippen LogP contribution in [0, 0.1) is 6.92 Å². The number of hydrogen-bond donors (Lipinski definition) is 0. The van der Waals surface area contributed by atoms with Crippen LogP contribution >= 0.6 is 0 Å². The summed E-state index contributed by atoms with van der Waals surface area (Å²) < 4.78 is 5.09. The highest BCUT2D eigenvalue weighted by atomic mass is 16.5. The molecule has 5 nitrogen and oxygen atoms in total. The van der Waals surface area contributed by atoms with E-state index in [0.717, 1.165) is 16.6 Å². The molecule has 0 bridgehead atoms. The van der Waals surface area contributed by atoms with E-state index in [9.17, 15) is 4.79 Å². The topological polar surface area (TPSA) is 59.2 Å². The zero-order valence-electron chi connectivity index (χ0n) is 15.3. The minimum Gasteiger partial charge on any atom is -0.337 e. The number of hydrogen-bond acceptors (Lipinski definition) is 4. The van der Waals surface area contributed by atoms with Gasteiger partial charge in [-0.1, -0.05) is 50.2 Å². The molecule has 0 saturated carbocycles. The molecular weight excluding hydrogens is 314 g/mol. The molecular formula is C20H23N3O2. The van der Waals surface area contributed by atoms with Crippen molar-refractivity contribution in [3.05, 3.63) is 58.9 Å². The second-order valence-corrected chi connectivity index (χ2v) is 7.45. The van der Waals surface area contributed by atoms with Crippen LogP contribution in [0.15, 0.2) is 41.1 Å². The fourth-order valence-corrected chi connectivity index (χ4v) is 2.74. The number of aromatic nitrogens is 2. The highest BCUT2D eigenvalue weighted by molar-refractivity contribution is 5.96. The molecule has 0 unspecified atom stereocenters. The molecule has 3 aromatic rings. The van der Waals surface area contributed by atoms with Crippen molar-refractivity contribution in [3.8, 4) is 0 Å². The summed E-state index contributed by atoms with van der Waals surface area (Å²) in [5, 5.41) is 4.65. The van der Waals surface area contributed by atoms with Crippen molar-refractivity contribution < 1.29 is 9.32 Å². The smallest absolute Gasteiger partial charge is 0.257 e. The van der Waals surface area contributed by atoms with E-state index in [1.807, 2.05) is 6.92 Å². The van der Waals surface area contributed by atoms with Gasteiger partial charge in [0.15, 0.2) is 0 Å². The molecule has 0 N–H and O–H groups in total. The summed E-state index contributed by atoms with van der Waals surface area (Å²) in [5.41, 5.74) is 4.22. The molecule has 1 amide bonds. The van der Waals surface area contributed by atoms with Crippen molar-refractivity contribution in [2.24, 2.45) is 0 Å². The van der Waals surface area contributed by atoms with Crippen LogP contribution in [-0.4, -0.2) is 28.0 Å². The van der Waals surface area contributed by atoms with Gasteiger partial charge in [0, 0.05) is 19.8 Å². The van der Waals surface area contributed by atoms with Gasteiger partial charge in [-0.15, -0.1) is 0 Å². The van der Waals surface area contributed by atoms with E-state index in [0.29, 0.717) is 17.8 Å². The Kier molecular flexibility index (Phi) is 4.33. The third kappa shape index (κ3) is 3.55. The lowest BCUT2D eigenvalue weighted by molar-refractivity contribution is 0.0785. The Bertz CT molecular complexity index is 905. The Morgan fingerprint density at radius 3 is 2.52 bits per heavy atom. The molecule has 130 valence electrons. The quantitative estimate of drug-likeness (QED) is 0.722. The Hall–Kier alpha value is -2.69. The number of aryl methyl sites for hydroxylation is 1. The summed E-state index contributed by atoms with van der Waals surface area (Å²) in [6.07, 6.45) is 1.54. The van der Waals surface area contributed by atoms with Crippen molar-refractivity contribution in [2.45, 2.75) is 39.7 Å². The first-order valence-electron chi connectivity index (χ1n) is 8.32. The molecule has 2 heterocycles. The molecule has 0 fully saturated rings. The third-order valence-electron chi connectivity index (χ3n) is 4.34. The molecule has 0 aliphatic heterocycles. The maximum absolute atomic E-state index is 12.7. The van der Waals surface area contributed by atoms with Crippen molar-refractivity contribution >= 4 is 17.0 Å². The molecule has 0 aliphatic carbocycles. The van der Waals surface area contributed by atoms with Gasteiger partial charge < -0.3 is 9.42 Å². The zero-order valence-corrected chi connectivity index (χ0v) is 15.3. The lowest BCUT2D eigenvalue weighted by atomic mass is 9.87. The summed E-state index contributed by atoms with van der Waals surface area (Å²) in [6.45, 7) is 8.95. The minimum absolute atomic E-state index is 0.0742. The lowest BCUT2D eigenvalue weighted by Crippen LogP contribution is -2.26. The van der Waals surface area contributed by atoms with E-state index >= 15 is 0 Å². The van der Waals surface area contributed by atoms with Crippen LogP contribution < -0.4 is 0 Å². The number of carbonyl (C=O) groups is 1. The van der Waals surface area contributed by atoms with Gasteiger partial charge >= 0.3 is 0 Å². The molecule has 0 aliphatic rings. The van der Waals surface area contributed by atoms with Crippen LogP contribution in [0.2, 0.25) is 0 Å². The molecule has 1 aromatic carbocycles. The zero-order chi connectivity index (χ0) is 18.2. The van der Waals surface area contributed by atoms with Gasteiger partial charge in [-0.2, -0.15) is 0 Å². The third-order valence-corrected chi connectivity index (χ3v) is 4.34.